The summed E-state index contributed by atoms with van der Waals surface area (Å²) in [4.78, 5) is 14.9. The molecule has 2 rings (SSSR count). The molecule has 0 aromatic heterocycles. The number of rotatable bonds is 7. The zero-order chi connectivity index (χ0) is 20.2. The van der Waals surface area contributed by atoms with Gasteiger partial charge in [0.15, 0.2) is 0 Å². The van der Waals surface area contributed by atoms with Crippen molar-refractivity contribution in [2.75, 3.05) is 43.8 Å². The van der Waals surface area contributed by atoms with Crippen molar-refractivity contribution in [3.8, 4) is 0 Å². The molecule has 1 aromatic rings. The molecule has 1 fully saturated rings. The SMILES string of the molecule is Cc1ccc(C(=O)NCCCN2C[C@H](C)C[C@@H](C)C2)cc1N(C)S(C)(=O)=O. The highest BCUT2D eigenvalue weighted by molar-refractivity contribution is 7.92. The molecule has 7 heteroatoms. The van der Waals surface area contributed by atoms with Crippen LogP contribution in [0.1, 0.15) is 42.6 Å². The number of amides is 1. The number of carbonyl (C=O) groups is 1. The Hall–Kier alpha value is -1.60. The van der Waals surface area contributed by atoms with Gasteiger partial charge in [-0.1, -0.05) is 19.9 Å². The van der Waals surface area contributed by atoms with Gasteiger partial charge < -0.3 is 10.2 Å². The molecule has 1 heterocycles. The Bertz CT molecular complexity index is 754. The predicted molar refractivity (Wildman–Crippen MR) is 111 cm³/mol. The highest BCUT2D eigenvalue weighted by atomic mass is 32.2. The summed E-state index contributed by atoms with van der Waals surface area (Å²) in [5, 5.41) is 2.95. The maximum Gasteiger partial charge on any atom is 0.251 e. The van der Waals surface area contributed by atoms with Crippen LogP contribution >= 0.6 is 0 Å². The summed E-state index contributed by atoms with van der Waals surface area (Å²) in [6.07, 6.45) is 3.36. The maximum atomic E-state index is 12.4. The molecule has 0 unspecified atom stereocenters. The number of hydrogen-bond acceptors (Lipinski definition) is 4. The van der Waals surface area contributed by atoms with Gasteiger partial charge in [-0.05, 0) is 55.8 Å². The third-order valence-corrected chi connectivity index (χ3v) is 6.38. The van der Waals surface area contributed by atoms with Crippen LogP contribution in [0, 0.1) is 18.8 Å². The molecule has 2 atom stereocenters. The Morgan fingerprint density at radius 3 is 2.48 bits per heavy atom. The number of sulfonamides is 1. The Kier molecular flexibility index (Phi) is 7.28. The van der Waals surface area contributed by atoms with E-state index in [9.17, 15) is 13.2 Å². The number of piperidine rings is 1. The van der Waals surface area contributed by atoms with Crippen molar-refractivity contribution >= 4 is 21.6 Å². The van der Waals surface area contributed by atoms with Crippen molar-refractivity contribution in [2.45, 2.75) is 33.6 Å². The van der Waals surface area contributed by atoms with Crippen molar-refractivity contribution in [3.63, 3.8) is 0 Å². The van der Waals surface area contributed by atoms with Crippen LogP contribution < -0.4 is 9.62 Å². The second-order valence-electron chi connectivity index (χ2n) is 8.05. The van der Waals surface area contributed by atoms with E-state index in [1.165, 1.54) is 17.8 Å². The van der Waals surface area contributed by atoms with E-state index in [4.69, 9.17) is 0 Å². The van der Waals surface area contributed by atoms with Gasteiger partial charge in [0.05, 0.1) is 11.9 Å². The van der Waals surface area contributed by atoms with Crippen LogP contribution in [0.5, 0.6) is 0 Å². The van der Waals surface area contributed by atoms with Crippen LogP contribution in [0.2, 0.25) is 0 Å². The van der Waals surface area contributed by atoms with Gasteiger partial charge >= 0.3 is 0 Å². The minimum Gasteiger partial charge on any atom is -0.352 e. The molecule has 0 saturated carbocycles. The van der Waals surface area contributed by atoms with E-state index in [1.54, 1.807) is 18.2 Å². The topological polar surface area (TPSA) is 69.7 Å². The Morgan fingerprint density at radius 2 is 1.89 bits per heavy atom. The minimum atomic E-state index is -3.37. The molecular formula is C20H33N3O3S. The van der Waals surface area contributed by atoms with Gasteiger partial charge in [-0.25, -0.2) is 8.42 Å². The third-order valence-electron chi connectivity index (χ3n) is 5.19. The first kappa shape index (κ1) is 21.7. The van der Waals surface area contributed by atoms with E-state index in [0.717, 1.165) is 49.7 Å². The number of nitrogens with zero attached hydrogens (tertiary/aromatic N) is 2. The van der Waals surface area contributed by atoms with E-state index in [-0.39, 0.29) is 5.91 Å². The van der Waals surface area contributed by atoms with E-state index in [1.807, 2.05) is 6.92 Å². The van der Waals surface area contributed by atoms with Crippen LogP contribution in [0.3, 0.4) is 0 Å². The van der Waals surface area contributed by atoms with E-state index in [0.29, 0.717) is 17.8 Å². The number of anilines is 1. The van der Waals surface area contributed by atoms with Crippen LogP contribution in [-0.2, 0) is 10.0 Å². The molecule has 27 heavy (non-hydrogen) atoms. The number of carbonyl (C=O) groups excluding carboxylic acids is 1. The smallest absolute Gasteiger partial charge is 0.251 e. The molecule has 0 aliphatic carbocycles. The Balaban J connectivity index is 1.89. The van der Waals surface area contributed by atoms with E-state index in [2.05, 4.69) is 24.1 Å². The second kappa shape index (κ2) is 9.06. The number of nitrogens with one attached hydrogen (secondary N) is 1. The first-order chi connectivity index (χ1) is 12.6. The fourth-order valence-corrected chi connectivity index (χ4v) is 4.40. The fourth-order valence-electron chi connectivity index (χ4n) is 3.85. The lowest BCUT2D eigenvalue weighted by Gasteiger charge is -2.34. The summed E-state index contributed by atoms with van der Waals surface area (Å²) in [5.41, 5.74) is 1.82. The highest BCUT2D eigenvalue weighted by Gasteiger charge is 2.21. The van der Waals surface area contributed by atoms with Crippen molar-refractivity contribution in [1.82, 2.24) is 10.2 Å². The molecule has 0 spiro atoms. The molecular weight excluding hydrogens is 362 g/mol. The van der Waals surface area contributed by atoms with E-state index >= 15 is 0 Å². The summed E-state index contributed by atoms with van der Waals surface area (Å²) in [6.45, 7) is 10.3. The minimum absolute atomic E-state index is 0.168. The zero-order valence-corrected chi connectivity index (χ0v) is 18.0. The summed E-state index contributed by atoms with van der Waals surface area (Å²) >= 11 is 0. The summed E-state index contributed by atoms with van der Waals surface area (Å²) in [5.74, 6) is 1.31. The Morgan fingerprint density at radius 1 is 1.26 bits per heavy atom. The molecule has 1 aliphatic heterocycles. The zero-order valence-electron chi connectivity index (χ0n) is 17.2. The van der Waals surface area contributed by atoms with Crippen molar-refractivity contribution in [2.24, 2.45) is 11.8 Å². The van der Waals surface area contributed by atoms with Gasteiger partial charge in [0, 0.05) is 32.2 Å². The van der Waals surface area contributed by atoms with E-state index < -0.39 is 10.0 Å². The average molecular weight is 396 g/mol. The second-order valence-corrected chi connectivity index (χ2v) is 10.1. The highest BCUT2D eigenvalue weighted by Crippen LogP contribution is 2.23. The number of aryl methyl sites for hydroxylation is 1. The lowest BCUT2D eigenvalue weighted by atomic mass is 9.92. The molecule has 1 saturated heterocycles. The van der Waals surface area contributed by atoms with Gasteiger partial charge in [-0.15, -0.1) is 0 Å². The molecule has 1 aliphatic rings. The lowest BCUT2D eigenvalue weighted by Crippen LogP contribution is -2.40. The first-order valence-corrected chi connectivity index (χ1v) is 11.5. The maximum absolute atomic E-state index is 12.4. The van der Waals surface area contributed by atoms with Crippen molar-refractivity contribution in [1.29, 1.82) is 0 Å². The van der Waals surface area contributed by atoms with Crippen molar-refractivity contribution < 1.29 is 13.2 Å². The molecule has 0 radical (unpaired) electrons. The number of likely N-dealkylation sites (tertiary alicyclic amines) is 1. The number of hydrogen-bond donors (Lipinski definition) is 1. The molecule has 6 nitrogen and oxygen atoms in total. The lowest BCUT2D eigenvalue weighted by molar-refractivity contribution is 0.0947. The standard InChI is InChI=1S/C20H33N3O3S/c1-15-11-16(2)14-23(13-15)10-6-9-21-20(24)18-8-7-17(3)19(12-18)22(4)27(5,25)26/h7-8,12,15-16H,6,9-11,13-14H2,1-5H3,(H,21,24)/t15-,16-/m1/s1. The van der Waals surface area contributed by atoms with Crippen LogP contribution in [0.4, 0.5) is 5.69 Å². The molecule has 1 N–H and O–H groups in total. The largest absolute Gasteiger partial charge is 0.352 e. The van der Waals surface area contributed by atoms with Crippen LogP contribution in [0.15, 0.2) is 18.2 Å². The molecule has 1 amide bonds. The quantitative estimate of drug-likeness (QED) is 0.720. The van der Waals surface area contributed by atoms with Crippen LogP contribution in [-0.4, -0.2) is 58.7 Å². The molecule has 1 aromatic carbocycles. The van der Waals surface area contributed by atoms with Crippen LogP contribution in [0.25, 0.3) is 0 Å². The van der Waals surface area contributed by atoms with Gasteiger partial charge in [-0.2, -0.15) is 0 Å². The molecule has 0 bridgehead atoms. The summed E-state index contributed by atoms with van der Waals surface area (Å²) in [6, 6.07) is 5.15. The van der Waals surface area contributed by atoms with Gasteiger partial charge in [0.1, 0.15) is 0 Å². The monoisotopic (exact) mass is 395 g/mol. The normalized spacial score (nSPS) is 21.1. The Labute approximate surface area is 164 Å². The first-order valence-electron chi connectivity index (χ1n) is 9.63. The van der Waals surface area contributed by atoms with Crippen molar-refractivity contribution in [3.05, 3.63) is 29.3 Å². The van der Waals surface area contributed by atoms with Gasteiger partial charge in [-0.3, -0.25) is 9.10 Å². The van der Waals surface area contributed by atoms with Gasteiger partial charge in [0.25, 0.3) is 5.91 Å². The fraction of sp³-hybridized carbons (Fsp3) is 0.650. The average Bonchev–Trinajstić information content (AvgIpc) is 2.56. The third kappa shape index (κ3) is 6.21. The number of benzene rings is 1. The summed E-state index contributed by atoms with van der Waals surface area (Å²) in [7, 11) is -1.87. The summed E-state index contributed by atoms with van der Waals surface area (Å²) < 4.78 is 24.8. The molecule has 152 valence electrons. The van der Waals surface area contributed by atoms with Gasteiger partial charge in [0.2, 0.25) is 10.0 Å². The predicted octanol–water partition coefficient (Wildman–Crippen LogP) is 2.49.